The first-order valence-corrected chi connectivity index (χ1v) is 17.6. The lowest BCUT2D eigenvalue weighted by molar-refractivity contribution is 0.0843. The monoisotopic (exact) mass is 408 g/mol. The molecule has 0 aliphatic rings. The molecule has 1 aromatic carbocycles. The average Bonchev–Trinajstić information content (AvgIpc) is 2.59. The second kappa shape index (κ2) is 10.5. The van der Waals surface area contributed by atoms with E-state index in [2.05, 4.69) is 79.3 Å². The molecule has 0 aliphatic carbocycles. The van der Waals surface area contributed by atoms with Crippen LogP contribution in [-0.2, 0) is 13.3 Å². The fourth-order valence-corrected chi connectivity index (χ4v) is 11.4. The molecule has 26 heavy (non-hydrogen) atoms. The van der Waals surface area contributed by atoms with Crippen LogP contribution in [0.25, 0.3) is 0 Å². The summed E-state index contributed by atoms with van der Waals surface area (Å²) in [7, 11) is -6.03. The predicted molar refractivity (Wildman–Crippen MR) is 120 cm³/mol. The summed E-state index contributed by atoms with van der Waals surface area (Å²) in [6.07, 6.45) is 0. The molecular weight excluding hydrogens is 372 g/mol. The largest absolute Gasteiger partial charge is 0.528 e. The molecule has 0 aromatic heterocycles. The number of rotatable bonds is 11. The molecule has 0 fully saturated rings. The van der Waals surface area contributed by atoms with Gasteiger partial charge in [0.15, 0.2) is 0 Å². The van der Waals surface area contributed by atoms with E-state index in [1.807, 2.05) is 20.8 Å². The van der Waals surface area contributed by atoms with Crippen molar-refractivity contribution in [2.75, 3.05) is 19.8 Å². The zero-order valence-electron chi connectivity index (χ0n) is 17.5. The summed E-state index contributed by atoms with van der Waals surface area (Å²) in [4.78, 5) is 0. The van der Waals surface area contributed by atoms with Gasteiger partial charge in [0.1, 0.15) is 8.07 Å². The summed E-state index contributed by atoms with van der Waals surface area (Å²) in [5.41, 5.74) is 9.39. The van der Waals surface area contributed by atoms with Crippen LogP contribution in [-0.4, -0.2) is 44.8 Å². The minimum atomic E-state index is -2.78. The van der Waals surface area contributed by atoms with Gasteiger partial charge in [0.2, 0.25) is 0 Å². The van der Waals surface area contributed by atoms with Crippen LogP contribution in [0.2, 0.25) is 26.2 Å². The third-order valence-corrected chi connectivity index (χ3v) is 11.8. The van der Waals surface area contributed by atoms with Crippen LogP contribution in [0, 0.1) is 0 Å². The van der Waals surface area contributed by atoms with Gasteiger partial charge in [-0.1, -0.05) is 73.1 Å². The van der Waals surface area contributed by atoms with Crippen LogP contribution in [0.1, 0.15) is 20.8 Å². The third kappa shape index (κ3) is 7.46. The van der Waals surface area contributed by atoms with Gasteiger partial charge in [-0.3, -0.25) is 0 Å². The van der Waals surface area contributed by atoms with E-state index >= 15 is 0 Å². The molecule has 0 N–H and O–H groups in total. The van der Waals surface area contributed by atoms with Gasteiger partial charge in [-0.2, -0.15) is 0 Å². The summed E-state index contributed by atoms with van der Waals surface area (Å²) in [6, 6.07) is 10.8. The highest BCUT2D eigenvalue weighted by Gasteiger charge is 2.39. The molecule has 0 bridgehead atoms. The molecule has 146 valence electrons. The van der Waals surface area contributed by atoms with E-state index in [9.17, 15) is 0 Å². The van der Waals surface area contributed by atoms with Gasteiger partial charge in [0.25, 0.3) is 0 Å². The average molecular weight is 409 g/mol. The van der Waals surface area contributed by atoms with Crippen molar-refractivity contribution in [3.63, 3.8) is 0 Å². The first-order chi connectivity index (χ1) is 12.2. The molecule has 6 heteroatoms. The maximum atomic E-state index is 6.00. The first-order valence-electron chi connectivity index (χ1n) is 9.58. The molecule has 0 saturated heterocycles. The van der Waals surface area contributed by atoms with E-state index in [1.165, 1.54) is 5.19 Å². The second-order valence-corrected chi connectivity index (χ2v) is 18.9. The van der Waals surface area contributed by atoms with Crippen LogP contribution < -0.4 is 5.19 Å². The topological polar surface area (TPSA) is 27.7 Å². The molecule has 0 spiro atoms. The Hall–Kier alpha value is -0.769. The van der Waals surface area contributed by atoms with E-state index in [1.54, 1.807) is 0 Å². The van der Waals surface area contributed by atoms with E-state index in [0.717, 1.165) is 0 Å². The van der Waals surface area contributed by atoms with E-state index < -0.39 is 25.0 Å². The van der Waals surface area contributed by atoms with Crippen molar-refractivity contribution < 1.29 is 13.3 Å². The van der Waals surface area contributed by atoms with Crippen molar-refractivity contribution in [3.05, 3.63) is 53.1 Å². The van der Waals surface area contributed by atoms with E-state index in [4.69, 9.17) is 13.3 Å². The van der Waals surface area contributed by atoms with Crippen molar-refractivity contribution >= 4 is 30.1 Å². The molecular formula is C20H36O3Si3. The smallest absolute Gasteiger partial charge is 0.371 e. The first kappa shape index (κ1) is 23.3. The molecule has 3 nitrogen and oxygen atoms in total. The minimum Gasteiger partial charge on any atom is -0.371 e. The van der Waals surface area contributed by atoms with Gasteiger partial charge >= 0.3 is 8.80 Å². The van der Waals surface area contributed by atoms with Crippen molar-refractivity contribution in [2.24, 2.45) is 0 Å². The normalized spacial score (nSPS) is 15.7. The highest BCUT2D eigenvalue weighted by atomic mass is 28.4. The van der Waals surface area contributed by atoms with Crippen LogP contribution in [0.15, 0.2) is 53.1 Å². The lowest BCUT2D eigenvalue weighted by Gasteiger charge is -2.28. The van der Waals surface area contributed by atoms with Gasteiger partial charge in [0, 0.05) is 19.8 Å². The maximum Gasteiger partial charge on any atom is 0.528 e. The number of benzene rings is 1. The van der Waals surface area contributed by atoms with Gasteiger partial charge in [0.05, 0.1) is 8.07 Å². The SMILES string of the molecule is CCO[Si](C=C[Si](C)(C=C[Si](C)(C)C)c1ccccc1)(OCC)OCC. The Morgan fingerprint density at radius 1 is 0.692 bits per heavy atom. The molecule has 1 unspecified atom stereocenters. The Kier molecular flexibility index (Phi) is 9.43. The molecule has 0 amide bonds. The van der Waals surface area contributed by atoms with E-state index in [-0.39, 0.29) is 0 Å². The van der Waals surface area contributed by atoms with Gasteiger partial charge in [-0.25, -0.2) is 0 Å². The van der Waals surface area contributed by atoms with Crippen molar-refractivity contribution in [1.82, 2.24) is 0 Å². The Bertz CT molecular complexity index is 565. The summed E-state index contributed by atoms with van der Waals surface area (Å²) < 4.78 is 18.0. The molecule has 0 aliphatic heterocycles. The number of hydrogen-bond donors (Lipinski definition) is 0. The lowest BCUT2D eigenvalue weighted by Crippen LogP contribution is -2.47. The third-order valence-electron chi connectivity index (χ3n) is 4.00. The molecule has 0 heterocycles. The zero-order valence-corrected chi connectivity index (χ0v) is 20.5. The van der Waals surface area contributed by atoms with Crippen LogP contribution in [0.5, 0.6) is 0 Å². The number of hydrogen-bond acceptors (Lipinski definition) is 3. The van der Waals surface area contributed by atoms with Gasteiger partial charge < -0.3 is 13.3 Å². The summed E-state index contributed by atoms with van der Waals surface area (Å²) in [5, 5.41) is 1.39. The fraction of sp³-hybridized carbons (Fsp3) is 0.500. The minimum absolute atomic E-state index is 0.588. The molecule has 1 atom stereocenters. The molecule has 0 saturated carbocycles. The highest BCUT2D eigenvalue weighted by Crippen LogP contribution is 2.17. The summed E-state index contributed by atoms with van der Waals surface area (Å²) in [6.45, 7) is 17.2. The second-order valence-electron chi connectivity index (χ2n) is 7.58. The Balaban J connectivity index is 3.33. The standard InChI is InChI=1S/C20H36O3Si3/c1-8-21-26(22-9-2,23-10-3)19-18-25(7,17-16-24(4,5)6)20-14-12-11-13-15-20/h11-19H,8-10H2,1-7H3. The van der Waals surface area contributed by atoms with Crippen LogP contribution >= 0.6 is 0 Å². The predicted octanol–water partition coefficient (Wildman–Crippen LogP) is 4.63. The maximum absolute atomic E-state index is 6.00. The summed E-state index contributed by atoms with van der Waals surface area (Å²) >= 11 is 0. The van der Waals surface area contributed by atoms with Crippen molar-refractivity contribution in [3.8, 4) is 0 Å². The Morgan fingerprint density at radius 2 is 1.15 bits per heavy atom. The van der Waals surface area contributed by atoms with Crippen LogP contribution in [0.3, 0.4) is 0 Å². The lowest BCUT2D eigenvalue weighted by atomic mass is 10.4. The highest BCUT2D eigenvalue weighted by molar-refractivity contribution is 7.00. The Labute approximate surface area is 163 Å². The van der Waals surface area contributed by atoms with Crippen molar-refractivity contribution in [2.45, 2.75) is 47.0 Å². The Morgan fingerprint density at radius 3 is 1.58 bits per heavy atom. The van der Waals surface area contributed by atoms with Gasteiger partial charge in [-0.15, -0.1) is 5.70 Å². The fourth-order valence-electron chi connectivity index (χ4n) is 2.62. The quantitative estimate of drug-likeness (QED) is 0.500. The zero-order chi connectivity index (χ0) is 19.7. The molecule has 1 rings (SSSR count). The molecule has 0 radical (unpaired) electrons. The van der Waals surface area contributed by atoms with E-state index in [0.29, 0.717) is 19.8 Å². The summed E-state index contributed by atoms with van der Waals surface area (Å²) in [5.74, 6) is 0. The molecule has 1 aromatic rings. The van der Waals surface area contributed by atoms with Crippen molar-refractivity contribution in [1.29, 1.82) is 0 Å². The van der Waals surface area contributed by atoms with Gasteiger partial charge in [-0.05, 0) is 26.5 Å². The van der Waals surface area contributed by atoms with Crippen LogP contribution in [0.4, 0.5) is 0 Å².